The number of nitrogens with zero attached hydrogens (tertiary/aromatic N) is 1. The first kappa shape index (κ1) is 14.2. The first-order chi connectivity index (χ1) is 10.1. The highest BCUT2D eigenvalue weighted by Gasteiger charge is 2.24. The van der Waals surface area contributed by atoms with Crippen molar-refractivity contribution in [3.63, 3.8) is 0 Å². The first-order valence-corrected chi connectivity index (χ1v) is 7.46. The molecule has 112 valence electrons. The molecular formula is C17H23N3O. The van der Waals surface area contributed by atoms with Crippen LogP contribution in [0.4, 0.5) is 5.69 Å². The second-order valence-electron chi connectivity index (χ2n) is 5.95. The Labute approximate surface area is 125 Å². The fraction of sp³-hybridized carbons (Fsp3) is 0.412. The van der Waals surface area contributed by atoms with E-state index in [1.165, 1.54) is 11.1 Å². The molecule has 2 aromatic rings. The number of likely N-dealkylation sites (N-methyl/N-ethyl adjacent to an activating group) is 1. The lowest BCUT2D eigenvalue weighted by Gasteiger charge is -2.25. The van der Waals surface area contributed by atoms with E-state index in [1.807, 2.05) is 18.2 Å². The number of benzene rings is 1. The van der Waals surface area contributed by atoms with Gasteiger partial charge in [-0.1, -0.05) is 6.07 Å². The van der Waals surface area contributed by atoms with Crippen molar-refractivity contribution in [3.8, 4) is 0 Å². The molecule has 1 aliphatic rings. The number of hydrogen-bond donors (Lipinski definition) is 2. The van der Waals surface area contributed by atoms with Crippen molar-refractivity contribution in [3.05, 3.63) is 53.5 Å². The SMILES string of the molecule is CN(C)C(CNC1CCc2cc(N)ccc21)c1ccco1. The Morgan fingerprint density at radius 2 is 2.24 bits per heavy atom. The van der Waals surface area contributed by atoms with Gasteiger partial charge in [0, 0.05) is 18.3 Å². The molecule has 4 heteroatoms. The van der Waals surface area contributed by atoms with Gasteiger partial charge in [0.1, 0.15) is 5.76 Å². The van der Waals surface area contributed by atoms with Gasteiger partial charge in [-0.15, -0.1) is 0 Å². The van der Waals surface area contributed by atoms with Crippen molar-refractivity contribution in [2.75, 3.05) is 26.4 Å². The van der Waals surface area contributed by atoms with Crippen LogP contribution in [0, 0.1) is 0 Å². The lowest BCUT2D eigenvalue weighted by atomic mass is 10.1. The molecule has 0 amide bonds. The van der Waals surface area contributed by atoms with Crippen LogP contribution in [0.1, 0.15) is 35.4 Å². The molecule has 0 saturated heterocycles. The van der Waals surface area contributed by atoms with E-state index in [1.54, 1.807) is 6.26 Å². The van der Waals surface area contributed by atoms with Crippen LogP contribution in [-0.4, -0.2) is 25.5 Å². The number of hydrogen-bond acceptors (Lipinski definition) is 4. The van der Waals surface area contributed by atoms with Crippen LogP contribution in [0.5, 0.6) is 0 Å². The predicted molar refractivity (Wildman–Crippen MR) is 85.1 cm³/mol. The lowest BCUT2D eigenvalue weighted by molar-refractivity contribution is 0.243. The van der Waals surface area contributed by atoms with Gasteiger partial charge in [-0.3, -0.25) is 4.90 Å². The Morgan fingerprint density at radius 1 is 1.38 bits per heavy atom. The third-order valence-corrected chi connectivity index (χ3v) is 4.30. The van der Waals surface area contributed by atoms with Crippen LogP contribution in [-0.2, 0) is 6.42 Å². The Morgan fingerprint density at radius 3 is 2.95 bits per heavy atom. The molecule has 21 heavy (non-hydrogen) atoms. The molecule has 2 atom stereocenters. The molecule has 1 aromatic heterocycles. The van der Waals surface area contributed by atoms with Crippen LogP contribution in [0.15, 0.2) is 41.0 Å². The number of nitrogens with one attached hydrogen (secondary N) is 1. The molecule has 0 saturated carbocycles. The predicted octanol–water partition coefficient (Wildman–Crippen LogP) is 2.74. The summed E-state index contributed by atoms with van der Waals surface area (Å²) in [5.41, 5.74) is 9.49. The van der Waals surface area contributed by atoms with Crippen molar-refractivity contribution in [1.29, 1.82) is 0 Å². The van der Waals surface area contributed by atoms with Gasteiger partial charge < -0.3 is 15.5 Å². The quantitative estimate of drug-likeness (QED) is 0.829. The second-order valence-corrected chi connectivity index (χ2v) is 5.95. The normalized spacial score (nSPS) is 18.9. The molecule has 0 radical (unpaired) electrons. The summed E-state index contributed by atoms with van der Waals surface area (Å²) in [7, 11) is 4.16. The Balaban J connectivity index is 1.68. The molecule has 0 spiro atoms. The van der Waals surface area contributed by atoms with Gasteiger partial charge in [-0.25, -0.2) is 0 Å². The lowest BCUT2D eigenvalue weighted by Crippen LogP contribution is -2.32. The summed E-state index contributed by atoms with van der Waals surface area (Å²) in [5, 5.41) is 3.68. The summed E-state index contributed by atoms with van der Waals surface area (Å²) in [6.07, 6.45) is 3.97. The summed E-state index contributed by atoms with van der Waals surface area (Å²) >= 11 is 0. The number of nitrogen functional groups attached to an aromatic ring is 1. The van der Waals surface area contributed by atoms with E-state index in [9.17, 15) is 0 Å². The van der Waals surface area contributed by atoms with E-state index in [2.05, 4.69) is 36.4 Å². The highest BCUT2D eigenvalue weighted by atomic mass is 16.3. The van der Waals surface area contributed by atoms with E-state index in [4.69, 9.17) is 10.2 Å². The van der Waals surface area contributed by atoms with Crippen molar-refractivity contribution >= 4 is 5.69 Å². The Kier molecular flexibility index (Phi) is 3.99. The molecule has 4 nitrogen and oxygen atoms in total. The van der Waals surface area contributed by atoms with Gasteiger partial charge in [-0.2, -0.15) is 0 Å². The average Bonchev–Trinajstić information content (AvgIpc) is 3.08. The molecule has 0 aliphatic heterocycles. The first-order valence-electron chi connectivity index (χ1n) is 7.46. The molecule has 0 bridgehead atoms. The van der Waals surface area contributed by atoms with Gasteiger partial charge in [0.2, 0.25) is 0 Å². The van der Waals surface area contributed by atoms with Crippen LogP contribution >= 0.6 is 0 Å². The summed E-state index contributed by atoms with van der Waals surface area (Å²) in [6.45, 7) is 0.870. The zero-order valence-electron chi connectivity index (χ0n) is 12.7. The highest BCUT2D eigenvalue weighted by molar-refractivity contribution is 5.47. The molecule has 1 aliphatic carbocycles. The van der Waals surface area contributed by atoms with Gasteiger partial charge in [0.25, 0.3) is 0 Å². The fourth-order valence-corrected chi connectivity index (χ4v) is 3.12. The van der Waals surface area contributed by atoms with E-state index < -0.39 is 0 Å². The molecule has 3 rings (SSSR count). The van der Waals surface area contributed by atoms with E-state index in [-0.39, 0.29) is 6.04 Å². The van der Waals surface area contributed by atoms with E-state index in [0.717, 1.165) is 30.8 Å². The van der Waals surface area contributed by atoms with Gasteiger partial charge in [0.15, 0.2) is 0 Å². The van der Waals surface area contributed by atoms with E-state index >= 15 is 0 Å². The molecule has 0 fully saturated rings. The van der Waals surface area contributed by atoms with Crippen molar-refractivity contribution in [2.24, 2.45) is 0 Å². The standard InChI is InChI=1S/C17H23N3O/c1-20(2)16(17-4-3-9-21-17)11-19-15-8-5-12-10-13(18)6-7-14(12)15/h3-4,6-7,9-10,15-16,19H,5,8,11,18H2,1-2H3. The van der Waals surface area contributed by atoms with Gasteiger partial charge in [-0.05, 0) is 62.3 Å². The topological polar surface area (TPSA) is 54.4 Å². The molecule has 3 N–H and O–H groups in total. The third kappa shape index (κ3) is 2.96. The molecule has 2 unspecified atom stereocenters. The molecule has 1 aromatic carbocycles. The fourth-order valence-electron chi connectivity index (χ4n) is 3.12. The largest absolute Gasteiger partial charge is 0.468 e. The number of furan rings is 1. The zero-order chi connectivity index (χ0) is 14.8. The minimum Gasteiger partial charge on any atom is -0.468 e. The van der Waals surface area contributed by atoms with E-state index in [0.29, 0.717) is 6.04 Å². The third-order valence-electron chi connectivity index (χ3n) is 4.30. The number of rotatable bonds is 5. The number of anilines is 1. The van der Waals surface area contributed by atoms with Crippen LogP contribution < -0.4 is 11.1 Å². The average molecular weight is 285 g/mol. The van der Waals surface area contributed by atoms with Gasteiger partial charge >= 0.3 is 0 Å². The summed E-state index contributed by atoms with van der Waals surface area (Å²) in [6, 6.07) is 10.9. The maximum Gasteiger partial charge on any atom is 0.122 e. The second kappa shape index (κ2) is 5.92. The zero-order valence-corrected chi connectivity index (χ0v) is 12.7. The van der Waals surface area contributed by atoms with Crippen molar-refractivity contribution < 1.29 is 4.42 Å². The summed E-state index contributed by atoms with van der Waals surface area (Å²) in [4.78, 5) is 2.19. The van der Waals surface area contributed by atoms with Crippen molar-refractivity contribution in [2.45, 2.75) is 24.9 Å². The maximum atomic E-state index is 5.86. The summed E-state index contributed by atoms with van der Waals surface area (Å²) in [5.74, 6) is 1.00. The highest BCUT2D eigenvalue weighted by Crippen LogP contribution is 2.32. The number of aryl methyl sites for hydroxylation is 1. The van der Waals surface area contributed by atoms with Gasteiger partial charge in [0.05, 0.1) is 12.3 Å². The minimum absolute atomic E-state index is 0.248. The monoisotopic (exact) mass is 285 g/mol. The minimum atomic E-state index is 0.248. The maximum absolute atomic E-state index is 5.86. The number of nitrogens with two attached hydrogens (primary N) is 1. The van der Waals surface area contributed by atoms with Crippen LogP contribution in [0.2, 0.25) is 0 Å². The molecule has 1 heterocycles. The smallest absolute Gasteiger partial charge is 0.122 e. The Hall–Kier alpha value is -1.78. The van der Waals surface area contributed by atoms with Crippen LogP contribution in [0.3, 0.4) is 0 Å². The number of fused-ring (bicyclic) bond motifs is 1. The Bertz CT molecular complexity index is 592. The molecular weight excluding hydrogens is 262 g/mol. The summed E-state index contributed by atoms with van der Waals surface area (Å²) < 4.78 is 5.56. The van der Waals surface area contributed by atoms with Crippen LogP contribution in [0.25, 0.3) is 0 Å². The van der Waals surface area contributed by atoms with Crippen molar-refractivity contribution in [1.82, 2.24) is 10.2 Å².